The molecule has 1 N–H and O–H groups in total. The lowest BCUT2D eigenvalue weighted by molar-refractivity contribution is 0.129. The van der Waals surface area contributed by atoms with Gasteiger partial charge in [0.05, 0.1) is 6.10 Å². The number of anilines is 3. The van der Waals surface area contributed by atoms with Gasteiger partial charge in [-0.05, 0) is 32.4 Å². The molecule has 0 saturated carbocycles. The number of carbonyl (C=O) groups excluding carboxylic acids is 1. The van der Waals surface area contributed by atoms with Gasteiger partial charge in [-0.2, -0.15) is 0 Å². The van der Waals surface area contributed by atoms with E-state index in [0.29, 0.717) is 17.4 Å². The number of aromatic nitrogens is 4. The summed E-state index contributed by atoms with van der Waals surface area (Å²) in [5.41, 5.74) is 1.60. The second-order valence-corrected chi connectivity index (χ2v) is 6.39. The van der Waals surface area contributed by atoms with Gasteiger partial charge < -0.3 is 9.64 Å². The Morgan fingerprint density at radius 3 is 2.74 bits per heavy atom. The number of unbranched alkanes of at least 4 members (excludes halogenated alkanes) is 1. The van der Waals surface area contributed by atoms with Gasteiger partial charge in [0.2, 0.25) is 11.6 Å². The van der Waals surface area contributed by atoms with Crippen LogP contribution in [0, 0.1) is 0 Å². The minimum atomic E-state index is -0.566. The van der Waals surface area contributed by atoms with Crippen LogP contribution in [-0.2, 0) is 4.74 Å². The second kappa shape index (κ2) is 8.48. The van der Waals surface area contributed by atoms with Crippen LogP contribution in [0.15, 0.2) is 42.7 Å². The molecule has 3 aromatic rings. The summed E-state index contributed by atoms with van der Waals surface area (Å²) >= 11 is 0. The Balaban J connectivity index is 1.97. The van der Waals surface area contributed by atoms with E-state index < -0.39 is 6.09 Å². The first-order chi connectivity index (χ1) is 13.1. The number of benzene rings is 1. The maximum absolute atomic E-state index is 11.9. The number of amides is 1. The zero-order valence-corrected chi connectivity index (χ0v) is 15.8. The van der Waals surface area contributed by atoms with Gasteiger partial charge in [-0.15, -0.1) is 10.2 Å². The van der Waals surface area contributed by atoms with Gasteiger partial charge in [-0.25, -0.2) is 9.78 Å². The number of ether oxygens (including phenoxy) is 1. The highest BCUT2D eigenvalue weighted by Gasteiger charge is 2.19. The predicted octanol–water partition coefficient (Wildman–Crippen LogP) is 4.02. The Morgan fingerprint density at radius 2 is 2.04 bits per heavy atom. The number of hydrogen-bond donors (Lipinski definition) is 1. The van der Waals surface area contributed by atoms with E-state index in [4.69, 9.17) is 4.74 Å². The van der Waals surface area contributed by atoms with Crippen molar-refractivity contribution in [3.63, 3.8) is 0 Å². The van der Waals surface area contributed by atoms with Crippen molar-refractivity contribution in [1.29, 1.82) is 0 Å². The zero-order chi connectivity index (χ0) is 19.2. The Hall–Kier alpha value is -3.16. The number of carbonyl (C=O) groups is 1. The molecule has 0 aliphatic carbocycles. The number of nitrogens with zero attached hydrogens (tertiary/aromatic N) is 5. The van der Waals surface area contributed by atoms with Crippen LogP contribution in [0.5, 0.6) is 0 Å². The normalized spacial score (nSPS) is 11.0. The second-order valence-electron chi connectivity index (χ2n) is 6.39. The molecule has 0 fully saturated rings. The molecule has 0 spiro atoms. The fraction of sp³-hybridized carbons (Fsp3) is 0.368. The molecule has 8 heteroatoms. The van der Waals surface area contributed by atoms with Crippen LogP contribution in [-0.4, -0.2) is 38.3 Å². The van der Waals surface area contributed by atoms with Crippen LogP contribution in [0.3, 0.4) is 0 Å². The minimum absolute atomic E-state index is 0.218. The summed E-state index contributed by atoms with van der Waals surface area (Å²) < 4.78 is 6.82. The van der Waals surface area contributed by atoms with Crippen LogP contribution in [0.4, 0.5) is 22.2 Å². The van der Waals surface area contributed by atoms with Crippen LogP contribution >= 0.6 is 0 Å². The molecule has 142 valence electrons. The molecule has 0 unspecified atom stereocenters. The number of rotatable bonds is 7. The highest BCUT2D eigenvalue weighted by Crippen LogP contribution is 2.27. The van der Waals surface area contributed by atoms with Gasteiger partial charge in [0.25, 0.3) is 0 Å². The molecule has 8 nitrogen and oxygen atoms in total. The van der Waals surface area contributed by atoms with E-state index in [0.717, 1.165) is 25.1 Å². The van der Waals surface area contributed by atoms with Gasteiger partial charge >= 0.3 is 6.09 Å². The maximum atomic E-state index is 11.9. The SMILES string of the molecule is CCCCN(c1ccccc1)c1nccn2c(NC(=O)OC(C)C)nnc12. The summed E-state index contributed by atoms with van der Waals surface area (Å²) in [7, 11) is 0. The van der Waals surface area contributed by atoms with Crippen LogP contribution in [0.2, 0.25) is 0 Å². The molecule has 0 aliphatic rings. The molecule has 0 saturated heterocycles. The van der Waals surface area contributed by atoms with Gasteiger partial charge in [0, 0.05) is 24.6 Å². The van der Waals surface area contributed by atoms with Crippen molar-refractivity contribution in [3.8, 4) is 0 Å². The first kappa shape index (κ1) is 18.6. The van der Waals surface area contributed by atoms with E-state index in [1.807, 2.05) is 30.3 Å². The molecular formula is C19H24N6O2. The lowest BCUT2D eigenvalue weighted by atomic mass is 10.2. The van der Waals surface area contributed by atoms with Crippen molar-refractivity contribution in [2.45, 2.75) is 39.7 Å². The number of para-hydroxylation sites is 1. The third-order valence-corrected chi connectivity index (χ3v) is 3.92. The molecule has 2 aromatic heterocycles. The predicted molar refractivity (Wildman–Crippen MR) is 104 cm³/mol. The smallest absolute Gasteiger partial charge is 0.414 e. The van der Waals surface area contributed by atoms with Crippen molar-refractivity contribution >= 4 is 29.2 Å². The first-order valence-corrected chi connectivity index (χ1v) is 9.10. The summed E-state index contributed by atoms with van der Waals surface area (Å²) in [5.74, 6) is 0.984. The Morgan fingerprint density at radius 1 is 1.26 bits per heavy atom. The van der Waals surface area contributed by atoms with Gasteiger partial charge in [0.1, 0.15) is 0 Å². The number of hydrogen-bond acceptors (Lipinski definition) is 6. The molecule has 1 amide bonds. The largest absolute Gasteiger partial charge is 0.447 e. The zero-order valence-electron chi connectivity index (χ0n) is 15.8. The third-order valence-electron chi connectivity index (χ3n) is 3.92. The Bertz CT molecular complexity index is 894. The molecule has 2 heterocycles. The third kappa shape index (κ3) is 4.33. The van der Waals surface area contributed by atoms with Gasteiger partial charge in [-0.1, -0.05) is 31.5 Å². The maximum Gasteiger partial charge on any atom is 0.414 e. The van der Waals surface area contributed by atoms with E-state index in [1.54, 1.807) is 30.6 Å². The van der Waals surface area contributed by atoms with Crippen molar-refractivity contribution < 1.29 is 9.53 Å². The number of nitrogens with one attached hydrogen (secondary N) is 1. The van der Waals surface area contributed by atoms with Gasteiger partial charge in [0.15, 0.2) is 5.82 Å². The van der Waals surface area contributed by atoms with Crippen molar-refractivity contribution in [2.24, 2.45) is 0 Å². The van der Waals surface area contributed by atoms with E-state index in [1.165, 1.54) is 0 Å². The monoisotopic (exact) mass is 368 g/mol. The topological polar surface area (TPSA) is 84.7 Å². The standard InChI is InChI=1S/C19H24N6O2/c1-4-5-12-24(15-9-7-6-8-10-15)16-17-22-23-18(25(17)13-11-20-16)21-19(26)27-14(2)3/h6-11,13-14H,4-5,12H2,1-3H3,(H,21,23,26). The summed E-state index contributed by atoms with van der Waals surface area (Å²) in [5, 5.41) is 11.0. The van der Waals surface area contributed by atoms with Gasteiger partial charge in [-0.3, -0.25) is 9.72 Å². The molecular weight excluding hydrogens is 344 g/mol. The Labute approximate surface area is 158 Å². The molecule has 0 radical (unpaired) electrons. The molecule has 1 aromatic carbocycles. The summed E-state index contributed by atoms with van der Waals surface area (Å²) in [4.78, 5) is 18.6. The fourth-order valence-corrected chi connectivity index (χ4v) is 2.71. The number of fused-ring (bicyclic) bond motifs is 1. The van der Waals surface area contributed by atoms with Crippen molar-refractivity contribution in [2.75, 3.05) is 16.8 Å². The lowest BCUT2D eigenvalue weighted by Gasteiger charge is -2.23. The fourth-order valence-electron chi connectivity index (χ4n) is 2.71. The lowest BCUT2D eigenvalue weighted by Crippen LogP contribution is -2.21. The Kier molecular flexibility index (Phi) is 5.85. The molecule has 0 bridgehead atoms. The highest BCUT2D eigenvalue weighted by molar-refractivity contribution is 5.83. The minimum Gasteiger partial charge on any atom is -0.447 e. The van der Waals surface area contributed by atoms with Crippen LogP contribution < -0.4 is 10.2 Å². The highest BCUT2D eigenvalue weighted by atomic mass is 16.6. The quantitative estimate of drug-likeness (QED) is 0.678. The van der Waals surface area contributed by atoms with Crippen molar-refractivity contribution in [3.05, 3.63) is 42.7 Å². The molecule has 0 atom stereocenters. The summed E-state index contributed by atoms with van der Waals surface area (Å²) in [6.07, 6.45) is 4.68. The summed E-state index contributed by atoms with van der Waals surface area (Å²) in [6.45, 7) is 6.53. The molecule has 27 heavy (non-hydrogen) atoms. The average molecular weight is 368 g/mol. The van der Waals surface area contributed by atoms with E-state index in [9.17, 15) is 4.79 Å². The first-order valence-electron chi connectivity index (χ1n) is 9.10. The van der Waals surface area contributed by atoms with E-state index in [2.05, 4.69) is 32.3 Å². The van der Waals surface area contributed by atoms with Crippen LogP contribution in [0.25, 0.3) is 5.65 Å². The van der Waals surface area contributed by atoms with Crippen molar-refractivity contribution in [1.82, 2.24) is 19.6 Å². The van der Waals surface area contributed by atoms with E-state index >= 15 is 0 Å². The molecule has 0 aliphatic heterocycles. The van der Waals surface area contributed by atoms with Crippen LogP contribution in [0.1, 0.15) is 33.6 Å². The average Bonchev–Trinajstić information content (AvgIpc) is 3.06. The van der Waals surface area contributed by atoms with E-state index in [-0.39, 0.29) is 6.10 Å². The summed E-state index contributed by atoms with van der Waals surface area (Å²) in [6, 6.07) is 10.0. The molecule has 3 rings (SSSR count).